The number of nitrogens with zero attached hydrogens (tertiary/aromatic N) is 1. The van der Waals surface area contributed by atoms with Gasteiger partial charge in [0, 0.05) is 19.1 Å². The molecule has 0 unspecified atom stereocenters. The Morgan fingerprint density at radius 1 is 1.26 bits per heavy atom. The van der Waals surface area contributed by atoms with Gasteiger partial charge in [-0.3, -0.25) is 0 Å². The van der Waals surface area contributed by atoms with Crippen LogP contribution in [0.1, 0.15) is 19.3 Å². The van der Waals surface area contributed by atoms with Crippen molar-refractivity contribution >= 4 is 10.0 Å². The summed E-state index contributed by atoms with van der Waals surface area (Å²) in [5.74, 6) is -2.23. The first-order valence-corrected chi connectivity index (χ1v) is 7.58. The molecule has 7 heteroatoms. The van der Waals surface area contributed by atoms with E-state index in [1.165, 1.54) is 4.31 Å². The van der Waals surface area contributed by atoms with Crippen molar-refractivity contribution in [2.75, 3.05) is 13.1 Å². The van der Waals surface area contributed by atoms with E-state index in [4.69, 9.17) is 5.73 Å². The Labute approximate surface area is 111 Å². The molecule has 1 saturated carbocycles. The normalized spacial score (nSPS) is 16.6. The van der Waals surface area contributed by atoms with Gasteiger partial charge in [0.25, 0.3) is 0 Å². The van der Waals surface area contributed by atoms with E-state index in [0.29, 0.717) is 6.07 Å². The highest BCUT2D eigenvalue weighted by Gasteiger charge is 2.34. The second kappa shape index (κ2) is 5.52. The molecule has 2 rings (SSSR count). The summed E-state index contributed by atoms with van der Waals surface area (Å²) in [5.41, 5.74) is 5.43. The van der Waals surface area contributed by atoms with Crippen LogP contribution in [0, 0.1) is 11.6 Å². The summed E-state index contributed by atoms with van der Waals surface area (Å²) in [5, 5.41) is 0. The zero-order chi connectivity index (χ0) is 14.0. The minimum atomic E-state index is -3.82. The van der Waals surface area contributed by atoms with Gasteiger partial charge in [-0.1, -0.05) is 6.42 Å². The summed E-state index contributed by atoms with van der Waals surface area (Å²) in [6, 6.07) is 2.54. The first-order chi connectivity index (χ1) is 8.96. The summed E-state index contributed by atoms with van der Waals surface area (Å²) in [6.45, 7) is 0.380. The Kier molecular flexibility index (Phi) is 4.17. The van der Waals surface area contributed by atoms with Crippen LogP contribution in [-0.2, 0) is 10.0 Å². The number of hydrogen-bond donors (Lipinski definition) is 1. The summed E-state index contributed by atoms with van der Waals surface area (Å²) in [6.07, 6.45) is 2.53. The van der Waals surface area contributed by atoms with Crippen LogP contribution in [0.3, 0.4) is 0 Å². The van der Waals surface area contributed by atoms with E-state index >= 15 is 0 Å². The maximum atomic E-state index is 13.2. The molecule has 19 heavy (non-hydrogen) atoms. The van der Waals surface area contributed by atoms with E-state index < -0.39 is 21.7 Å². The number of sulfonamides is 1. The van der Waals surface area contributed by atoms with Gasteiger partial charge in [0.05, 0.1) is 4.90 Å². The van der Waals surface area contributed by atoms with Gasteiger partial charge in [-0.2, -0.15) is 4.31 Å². The van der Waals surface area contributed by atoms with Crippen molar-refractivity contribution in [2.24, 2.45) is 5.73 Å². The van der Waals surface area contributed by atoms with Crippen LogP contribution < -0.4 is 5.73 Å². The average Bonchev–Trinajstić information content (AvgIpc) is 2.29. The fraction of sp³-hybridized carbons (Fsp3) is 0.500. The molecule has 0 atom stereocenters. The number of hydrogen-bond acceptors (Lipinski definition) is 3. The average molecular weight is 290 g/mol. The second-order valence-corrected chi connectivity index (χ2v) is 6.46. The maximum absolute atomic E-state index is 13.2. The van der Waals surface area contributed by atoms with Crippen LogP contribution in [0.25, 0.3) is 0 Å². The van der Waals surface area contributed by atoms with Crippen molar-refractivity contribution in [2.45, 2.75) is 30.2 Å². The maximum Gasteiger partial charge on any atom is 0.243 e. The topological polar surface area (TPSA) is 63.4 Å². The zero-order valence-corrected chi connectivity index (χ0v) is 11.2. The predicted molar refractivity (Wildman–Crippen MR) is 66.9 cm³/mol. The fourth-order valence-corrected chi connectivity index (χ4v) is 3.79. The van der Waals surface area contributed by atoms with Crippen molar-refractivity contribution in [3.63, 3.8) is 0 Å². The van der Waals surface area contributed by atoms with E-state index in [0.717, 1.165) is 31.4 Å². The van der Waals surface area contributed by atoms with Gasteiger partial charge in [-0.15, -0.1) is 0 Å². The van der Waals surface area contributed by atoms with E-state index in [1.54, 1.807) is 0 Å². The fourth-order valence-electron chi connectivity index (χ4n) is 2.07. The summed E-state index contributed by atoms with van der Waals surface area (Å²) in [7, 11) is -3.82. The SMILES string of the molecule is NCCN(C1CCC1)S(=O)(=O)c1ccc(F)c(F)c1. The van der Waals surface area contributed by atoms with Gasteiger partial charge in [0.15, 0.2) is 11.6 Å². The number of nitrogens with two attached hydrogens (primary N) is 1. The molecule has 0 spiro atoms. The third kappa shape index (κ3) is 2.77. The van der Waals surface area contributed by atoms with Crippen LogP contribution in [0.4, 0.5) is 8.78 Å². The van der Waals surface area contributed by atoms with Crippen molar-refractivity contribution in [1.29, 1.82) is 0 Å². The molecule has 1 aromatic carbocycles. The lowest BCUT2D eigenvalue weighted by molar-refractivity contribution is 0.223. The number of benzene rings is 1. The van der Waals surface area contributed by atoms with Gasteiger partial charge in [-0.25, -0.2) is 17.2 Å². The molecule has 0 saturated heterocycles. The quantitative estimate of drug-likeness (QED) is 0.893. The molecule has 0 heterocycles. The molecular weight excluding hydrogens is 274 g/mol. The van der Waals surface area contributed by atoms with Crippen molar-refractivity contribution in [1.82, 2.24) is 4.31 Å². The molecule has 4 nitrogen and oxygen atoms in total. The Balaban J connectivity index is 2.35. The lowest BCUT2D eigenvalue weighted by atomic mass is 9.93. The first-order valence-electron chi connectivity index (χ1n) is 6.14. The smallest absolute Gasteiger partial charge is 0.243 e. The molecule has 0 radical (unpaired) electrons. The van der Waals surface area contributed by atoms with E-state index in [9.17, 15) is 17.2 Å². The predicted octanol–water partition coefficient (Wildman–Crippen LogP) is 1.47. The lowest BCUT2D eigenvalue weighted by Gasteiger charge is -2.36. The standard InChI is InChI=1S/C12H16F2N2O2S/c13-11-5-4-10(8-12(11)14)19(17,18)16(7-6-15)9-2-1-3-9/h4-5,8-9H,1-3,6-7,15H2. The molecule has 2 N–H and O–H groups in total. The number of halogens is 2. The van der Waals surface area contributed by atoms with Crippen molar-refractivity contribution in [3.05, 3.63) is 29.8 Å². The molecule has 0 aromatic heterocycles. The molecule has 1 aliphatic rings. The second-order valence-electron chi connectivity index (χ2n) is 4.57. The molecule has 1 aliphatic carbocycles. The molecule has 0 aliphatic heterocycles. The summed E-state index contributed by atoms with van der Waals surface area (Å²) < 4.78 is 52.1. The molecule has 0 amide bonds. The first kappa shape index (κ1) is 14.4. The highest BCUT2D eigenvalue weighted by atomic mass is 32.2. The summed E-state index contributed by atoms with van der Waals surface area (Å²) >= 11 is 0. The monoisotopic (exact) mass is 290 g/mol. The molecule has 106 valence electrons. The summed E-state index contributed by atoms with van der Waals surface area (Å²) in [4.78, 5) is -0.230. The van der Waals surface area contributed by atoms with Crippen LogP contribution in [-0.4, -0.2) is 31.9 Å². The van der Waals surface area contributed by atoms with Crippen LogP contribution in [0.15, 0.2) is 23.1 Å². The van der Waals surface area contributed by atoms with Gasteiger partial charge >= 0.3 is 0 Å². The highest BCUT2D eigenvalue weighted by molar-refractivity contribution is 7.89. The third-order valence-electron chi connectivity index (χ3n) is 3.33. The molecule has 1 fully saturated rings. The van der Waals surface area contributed by atoms with E-state index in [-0.39, 0.29) is 24.0 Å². The van der Waals surface area contributed by atoms with Crippen LogP contribution in [0.2, 0.25) is 0 Å². The Hall–Kier alpha value is -1.05. The van der Waals surface area contributed by atoms with E-state index in [2.05, 4.69) is 0 Å². The molecule has 1 aromatic rings. The lowest BCUT2D eigenvalue weighted by Crippen LogP contribution is -2.46. The minimum Gasteiger partial charge on any atom is -0.329 e. The van der Waals surface area contributed by atoms with E-state index in [1.807, 2.05) is 0 Å². The van der Waals surface area contributed by atoms with Gasteiger partial charge < -0.3 is 5.73 Å². The Bertz CT molecular complexity index is 559. The van der Waals surface area contributed by atoms with Crippen LogP contribution in [0.5, 0.6) is 0 Å². The number of rotatable bonds is 5. The highest BCUT2D eigenvalue weighted by Crippen LogP contribution is 2.29. The van der Waals surface area contributed by atoms with Gasteiger partial charge in [0.2, 0.25) is 10.0 Å². The third-order valence-corrected chi connectivity index (χ3v) is 5.28. The van der Waals surface area contributed by atoms with Gasteiger partial charge in [-0.05, 0) is 31.0 Å². The van der Waals surface area contributed by atoms with Gasteiger partial charge in [0.1, 0.15) is 0 Å². The largest absolute Gasteiger partial charge is 0.329 e. The van der Waals surface area contributed by atoms with Crippen molar-refractivity contribution in [3.8, 4) is 0 Å². The Morgan fingerprint density at radius 2 is 1.95 bits per heavy atom. The zero-order valence-electron chi connectivity index (χ0n) is 10.4. The molecule has 0 bridgehead atoms. The minimum absolute atomic E-state index is 0.0818. The molecular formula is C12H16F2N2O2S. The Morgan fingerprint density at radius 3 is 2.42 bits per heavy atom. The van der Waals surface area contributed by atoms with Crippen molar-refractivity contribution < 1.29 is 17.2 Å². The van der Waals surface area contributed by atoms with Crippen LogP contribution >= 0.6 is 0 Å².